The Labute approximate surface area is 101 Å². The third-order valence-electron chi connectivity index (χ3n) is 0. The largest absolute Gasteiger partial charge is 0.316 e. The van der Waals surface area contributed by atoms with Gasteiger partial charge in [0, 0.05) is 43.3 Å². The Morgan fingerprint density at radius 1 is 1.00 bits per heavy atom. The van der Waals surface area contributed by atoms with E-state index >= 15 is 0 Å². The van der Waals surface area contributed by atoms with Gasteiger partial charge in [-0.25, -0.2) is 0 Å². The van der Waals surface area contributed by atoms with Crippen LogP contribution < -0.4 is 0 Å². The maximum absolute atomic E-state index is 0. The molecule has 0 unspecified atom stereocenters. The van der Waals surface area contributed by atoms with E-state index in [1.165, 1.54) is 0 Å². The first-order chi connectivity index (χ1) is 0. The molecular formula is H6AlCuLiMgZr. The molecule has 0 amide bonds. The summed E-state index contributed by atoms with van der Waals surface area (Å²) in [6.07, 6.45) is 0. The monoisotopic (exact) mass is 217 g/mol. The van der Waals surface area contributed by atoms with Crippen molar-refractivity contribution >= 4 is 59.3 Å². The predicted molar refractivity (Wildman–Crippen MR) is 25.6 cm³/mol. The van der Waals surface area contributed by atoms with Gasteiger partial charge in [-0.05, 0) is 0 Å². The molecule has 0 aromatic heterocycles. The Kier molecular flexibility index (Phi) is 216. The van der Waals surface area contributed by atoms with Crippen molar-refractivity contribution in [3.05, 3.63) is 0 Å². The zero-order valence-corrected chi connectivity index (χ0v) is 4.20. The molecule has 5 heavy (non-hydrogen) atoms. The van der Waals surface area contributed by atoms with Crippen molar-refractivity contribution in [1.29, 1.82) is 0 Å². The van der Waals surface area contributed by atoms with Crippen LogP contribution in [0.25, 0.3) is 0 Å². The third kappa shape index (κ3) is 18.8. The quantitative estimate of drug-likeness (QED) is 0.387. The number of hydrogen-bond donors (Lipinski definition) is 0. The molecule has 0 bridgehead atoms. The van der Waals surface area contributed by atoms with Gasteiger partial charge in [0.15, 0.2) is 17.4 Å². The molecule has 0 atom stereocenters. The van der Waals surface area contributed by atoms with Gasteiger partial charge in [-0.3, -0.25) is 0 Å². The molecule has 0 aliphatic rings. The van der Waals surface area contributed by atoms with Gasteiger partial charge in [-0.1, -0.05) is 0 Å². The standard InChI is InChI=1S/Al.Cu.Li.Mg.Zr.6H. The fourth-order valence-corrected chi connectivity index (χ4v) is 0. The van der Waals surface area contributed by atoms with E-state index in [4.69, 9.17) is 0 Å². The molecule has 0 saturated heterocycles. The van der Waals surface area contributed by atoms with Crippen LogP contribution in [0.5, 0.6) is 0 Å². The predicted octanol–water partition coefficient (Wildman–Crippen LogP) is -2.75. The summed E-state index contributed by atoms with van der Waals surface area (Å²) in [6.45, 7) is 0. The maximum atomic E-state index is 0. The van der Waals surface area contributed by atoms with E-state index < -0.39 is 0 Å². The maximum Gasteiger partial charge on any atom is 0.316 e. The molecular weight excluding hydrogens is 213 g/mol. The van der Waals surface area contributed by atoms with Crippen molar-refractivity contribution in [2.45, 2.75) is 0 Å². The summed E-state index contributed by atoms with van der Waals surface area (Å²) in [5.74, 6) is 0. The molecule has 0 spiro atoms. The van der Waals surface area contributed by atoms with E-state index in [1.807, 2.05) is 0 Å². The average molecular weight is 219 g/mol. The zero-order valence-electron chi connectivity index (χ0n) is 0.802. The van der Waals surface area contributed by atoms with E-state index in [2.05, 4.69) is 0 Å². The van der Waals surface area contributed by atoms with E-state index in [0.717, 1.165) is 0 Å². The fraction of sp³-hybridized carbons (Fsp3) is 0. The molecule has 0 nitrogen and oxygen atoms in total. The van der Waals surface area contributed by atoms with Gasteiger partial charge in [0.05, 0.1) is 0 Å². The smallest absolute Gasteiger partial charge is 0 e. The van der Waals surface area contributed by atoms with Crippen LogP contribution in [0, 0.1) is 0 Å². The van der Waals surface area contributed by atoms with Crippen molar-refractivity contribution in [3.63, 3.8) is 0 Å². The molecule has 0 aromatic carbocycles. The van der Waals surface area contributed by atoms with E-state index in [9.17, 15) is 0 Å². The summed E-state index contributed by atoms with van der Waals surface area (Å²) >= 11 is 0. The molecule has 5 heteroatoms. The zero-order chi connectivity index (χ0) is 0. The van der Waals surface area contributed by atoms with Gasteiger partial charge >= 0.3 is 41.9 Å². The molecule has 1 radical (unpaired) electrons. The summed E-state index contributed by atoms with van der Waals surface area (Å²) in [5, 5.41) is 0. The first-order valence-electron chi connectivity index (χ1n) is 0. The van der Waals surface area contributed by atoms with E-state index in [1.54, 1.807) is 0 Å². The first kappa shape index (κ1) is 40.6. The van der Waals surface area contributed by atoms with Crippen molar-refractivity contribution < 1.29 is 43.3 Å². The summed E-state index contributed by atoms with van der Waals surface area (Å²) < 4.78 is 0. The summed E-state index contributed by atoms with van der Waals surface area (Å²) in [5.41, 5.74) is 0. The van der Waals surface area contributed by atoms with Crippen LogP contribution in [0.3, 0.4) is 0 Å². The van der Waals surface area contributed by atoms with Crippen LogP contribution in [0.1, 0.15) is 0 Å². The molecule has 27 valence electrons. The fourth-order valence-electron chi connectivity index (χ4n) is 0. The third-order valence-corrected chi connectivity index (χ3v) is 0. The van der Waals surface area contributed by atoms with Crippen LogP contribution in [-0.2, 0) is 43.3 Å². The van der Waals surface area contributed by atoms with Gasteiger partial charge in [0.1, 0.15) is 0 Å². The van der Waals surface area contributed by atoms with Gasteiger partial charge in [0.25, 0.3) is 0 Å². The molecule has 0 aromatic rings. The average Bonchev–Trinajstić information content (AvgIpc) is 0. The Balaban J connectivity index is 0. The molecule has 0 saturated carbocycles. The van der Waals surface area contributed by atoms with E-state index in [0.29, 0.717) is 0 Å². The van der Waals surface area contributed by atoms with Crippen molar-refractivity contribution in [2.75, 3.05) is 0 Å². The summed E-state index contributed by atoms with van der Waals surface area (Å²) in [7, 11) is 0. The SMILES string of the molecule is [AlH3].[Cu].[LiH].[MgH2].[Zr]. The van der Waals surface area contributed by atoms with Crippen LogP contribution in [0.4, 0.5) is 0 Å². The van der Waals surface area contributed by atoms with Crippen LogP contribution in [0.15, 0.2) is 0 Å². The van der Waals surface area contributed by atoms with E-state index in [-0.39, 0.29) is 103 Å². The molecule has 0 aliphatic carbocycles. The second-order valence-electron chi connectivity index (χ2n) is 0. The van der Waals surface area contributed by atoms with Crippen molar-refractivity contribution in [2.24, 2.45) is 0 Å². The van der Waals surface area contributed by atoms with Gasteiger partial charge in [0.2, 0.25) is 0 Å². The molecule has 0 N–H and O–H groups in total. The van der Waals surface area contributed by atoms with Gasteiger partial charge < -0.3 is 0 Å². The molecule has 0 heterocycles. The van der Waals surface area contributed by atoms with Crippen LogP contribution >= 0.6 is 0 Å². The normalized spacial score (nSPS) is 0. The Bertz CT molecular complexity index is 11.6. The summed E-state index contributed by atoms with van der Waals surface area (Å²) in [6, 6.07) is 0. The Morgan fingerprint density at radius 3 is 1.00 bits per heavy atom. The molecule has 0 rings (SSSR count). The topological polar surface area (TPSA) is 0 Å². The summed E-state index contributed by atoms with van der Waals surface area (Å²) in [4.78, 5) is 0. The van der Waals surface area contributed by atoms with Crippen molar-refractivity contribution in [3.8, 4) is 0 Å². The number of rotatable bonds is 0. The Hall–Kier alpha value is 3.30. The minimum Gasteiger partial charge on any atom is 0 e. The van der Waals surface area contributed by atoms with Crippen LogP contribution in [-0.4, -0.2) is 59.3 Å². The minimum atomic E-state index is 0. The first-order valence-corrected chi connectivity index (χ1v) is 0. The number of hydrogen-bond acceptors (Lipinski definition) is 0. The second-order valence-corrected chi connectivity index (χ2v) is 0. The van der Waals surface area contributed by atoms with Gasteiger partial charge in [-0.15, -0.1) is 0 Å². The molecule has 0 fully saturated rings. The Morgan fingerprint density at radius 2 is 1.00 bits per heavy atom. The van der Waals surface area contributed by atoms with Crippen molar-refractivity contribution in [1.82, 2.24) is 0 Å². The molecule has 0 aliphatic heterocycles. The second kappa shape index (κ2) is 26.6. The van der Waals surface area contributed by atoms with Crippen LogP contribution in [0.2, 0.25) is 0 Å². The van der Waals surface area contributed by atoms with Gasteiger partial charge in [-0.2, -0.15) is 0 Å². The minimum absolute atomic E-state index is 0.